The zero-order valence-electron chi connectivity index (χ0n) is 36.1. The number of carbonyl (C=O) groups is 5. The molecule has 60 heavy (non-hydrogen) atoms. The van der Waals surface area contributed by atoms with Crippen molar-refractivity contribution in [3.05, 3.63) is 83.6 Å². The van der Waals surface area contributed by atoms with Crippen LogP contribution in [0.1, 0.15) is 95.1 Å². The minimum Gasteiger partial charge on any atom is -0.444 e. The lowest BCUT2D eigenvalue weighted by Gasteiger charge is -2.35. The summed E-state index contributed by atoms with van der Waals surface area (Å²) >= 11 is 0. The fourth-order valence-electron chi connectivity index (χ4n) is 7.98. The summed E-state index contributed by atoms with van der Waals surface area (Å²) in [5, 5.41) is 13.9. The Kier molecular flexibility index (Phi) is 13.7. The molecule has 0 unspecified atom stereocenters. The number of rotatable bonds is 11. The number of nitrogens with zero attached hydrogens (tertiary/aromatic N) is 3. The van der Waals surface area contributed by atoms with Crippen LogP contribution >= 0.6 is 0 Å². The number of ether oxygens (including phenoxy) is 2. The molecular formula is C47H60N6O7. The molecule has 0 spiro atoms. The van der Waals surface area contributed by atoms with Crippen LogP contribution in [0.4, 0.5) is 15.3 Å². The molecular weight excluding hydrogens is 761 g/mol. The highest BCUT2D eigenvalue weighted by Gasteiger charge is 2.32. The van der Waals surface area contributed by atoms with Crippen molar-refractivity contribution in [2.75, 3.05) is 38.0 Å². The number of aromatic nitrogens is 2. The minimum atomic E-state index is -0.592. The number of anilines is 1. The van der Waals surface area contributed by atoms with Gasteiger partial charge in [0.1, 0.15) is 17.0 Å². The lowest BCUT2D eigenvalue weighted by molar-refractivity contribution is -0.129. The van der Waals surface area contributed by atoms with Gasteiger partial charge in [-0.2, -0.15) is 5.10 Å². The van der Waals surface area contributed by atoms with Gasteiger partial charge in [0.2, 0.25) is 5.91 Å². The number of aryl methyl sites for hydroxylation is 1. The first-order chi connectivity index (χ1) is 28.4. The van der Waals surface area contributed by atoms with Crippen LogP contribution in [0, 0.1) is 24.7 Å². The van der Waals surface area contributed by atoms with Crippen LogP contribution in [-0.2, 0) is 25.5 Å². The molecule has 1 aliphatic carbocycles. The Bertz CT molecular complexity index is 2170. The molecule has 13 nitrogen and oxygen atoms in total. The van der Waals surface area contributed by atoms with Crippen LogP contribution in [0.15, 0.2) is 66.9 Å². The molecule has 2 heterocycles. The van der Waals surface area contributed by atoms with Crippen LogP contribution in [0.5, 0.6) is 0 Å². The van der Waals surface area contributed by atoms with E-state index in [0.717, 1.165) is 46.0 Å². The third-order valence-corrected chi connectivity index (χ3v) is 11.2. The summed E-state index contributed by atoms with van der Waals surface area (Å²) in [5.74, 6) is -0.666. The molecule has 13 heteroatoms. The van der Waals surface area contributed by atoms with Crippen LogP contribution < -0.4 is 10.6 Å². The number of piperazine rings is 1. The third-order valence-electron chi connectivity index (χ3n) is 11.2. The normalized spacial score (nSPS) is 17.8. The van der Waals surface area contributed by atoms with E-state index < -0.39 is 23.2 Å². The minimum absolute atomic E-state index is 0.0737. The number of H-pyrrole nitrogens is 1. The van der Waals surface area contributed by atoms with Crippen molar-refractivity contribution in [1.82, 2.24) is 25.3 Å². The van der Waals surface area contributed by atoms with E-state index in [1.165, 1.54) is 0 Å². The number of fused-ring (bicyclic) bond motifs is 1. The van der Waals surface area contributed by atoms with Crippen molar-refractivity contribution in [2.45, 2.75) is 98.2 Å². The summed E-state index contributed by atoms with van der Waals surface area (Å²) in [6.07, 6.45) is 4.50. The van der Waals surface area contributed by atoms with Gasteiger partial charge in [0.05, 0.1) is 11.7 Å². The average molecular weight is 821 g/mol. The molecule has 4 aromatic rings. The molecule has 4 amide bonds. The first-order valence-electron chi connectivity index (χ1n) is 21.1. The Balaban J connectivity index is 1.08. The monoisotopic (exact) mass is 820 g/mol. The molecule has 1 aliphatic heterocycles. The Hall–Kier alpha value is -5.72. The van der Waals surface area contributed by atoms with Crippen LogP contribution in [-0.4, -0.2) is 93.7 Å². The molecule has 0 radical (unpaired) electrons. The Morgan fingerprint density at radius 2 is 1.48 bits per heavy atom. The number of hydrogen-bond donors (Lipinski definition) is 3. The maximum absolute atomic E-state index is 13.9. The van der Waals surface area contributed by atoms with Gasteiger partial charge in [0.25, 0.3) is 5.91 Å². The summed E-state index contributed by atoms with van der Waals surface area (Å²) in [6.45, 7) is 15.2. The molecule has 2 fully saturated rings. The predicted octanol–water partition coefficient (Wildman–Crippen LogP) is 8.32. The molecule has 6 rings (SSSR count). The van der Waals surface area contributed by atoms with Crippen LogP contribution in [0.25, 0.3) is 22.0 Å². The highest BCUT2D eigenvalue weighted by atomic mass is 16.6. The van der Waals surface area contributed by atoms with Crippen molar-refractivity contribution in [1.29, 1.82) is 0 Å². The summed E-state index contributed by atoms with van der Waals surface area (Å²) < 4.78 is 10.9. The lowest BCUT2D eigenvalue weighted by Crippen LogP contribution is -2.51. The molecule has 3 aromatic carbocycles. The van der Waals surface area contributed by atoms with Gasteiger partial charge >= 0.3 is 12.2 Å². The van der Waals surface area contributed by atoms with E-state index in [1.807, 2.05) is 109 Å². The summed E-state index contributed by atoms with van der Waals surface area (Å²) in [6, 6.07) is 19.3. The van der Waals surface area contributed by atoms with Crippen LogP contribution in [0.2, 0.25) is 0 Å². The fraction of sp³-hybridized carbons (Fsp3) is 0.489. The van der Waals surface area contributed by atoms with Gasteiger partial charge in [0.15, 0.2) is 0 Å². The van der Waals surface area contributed by atoms with Gasteiger partial charge in [-0.15, -0.1) is 0 Å². The number of hydrogen-bond acceptors (Lipinski definition) is 8. The smallest absolute Gasteiger partial charge is 0.410 e. The Labute approximate surface area is 352 Å². The Morgan fingerprint density at radius 1 is 0.817 bits per heavy atom. The summed E-state index contributed by atoms with van der Waals surface area (Å²) in [4.78, 5) is 69.3. The molecule has 1 atom stereocenters. The highest BCUT2D eigenvalue weighted by molar-refractivity contribution is 5.98. The van der Waals surface area contributed by atoms with E-state index in [1.54, 1.807) is 16.0 Å². The third kappa shape index (κ3) is 11.9. The van der Waals surface area contributed by atoms with Crippen LogP contribution in [0.3, 0.4) is 0 Å². The van der Waals surface area contributed by atoms with Gasteiger partial charge in [-0.1, -0.05) is 30.3 Å². The van der Waals surface area contributed by atoms with Crippen molar-refractivity contribution < 1.29 is 33.4 Å². The van der Waals surface area contributed by atoms with E-state index in [4.69, 9.17) is 9.47 Å². The maximum atomic E-state index is 13.9. The topological polar surface area (TPSA) is 163 Å². The van der Waals surface area contributed by atoms with E-state index in [9.17, 15) is 24.0 Å². The molecule has 3 N–H and O–H groups in total. The first-order valence-corrected chi connectivity index (χ1v) is 21.1. The molecule has 2 aliphatic rings. The van der Waals surface area contributed by atoms with Gasteiger partial charge < -0.3 is 29.9 Å². The predicted molar refractivity (Wildman–Crippen MR) is 232 cm³/mol. The SMILES string of the molecule is Cc1cc(C(=O)N2CCN(C(=O)OC(C)(C)C)CC2)ccc1-c1ccc(C[C@H](CC(=O)C2CCC(CNC(=O)OC(C)(C)C)CC2)C(=O)Nc2ccc3cn[nH]c3c2)cc1. The largest absolute Gasteiger partial charge is 0.444 e. The highest BCUT2D eigenvalue weighted by Crippen LogP contribution is 2.32. The molecule has 1 saturated carbocycles. The number of ketones is 1. The zero-order chi connectivity index (χ0) is 43.2. The zero-order valence-corrected chi connectivity index (χ0v) is 36.1. The van der Waals surface area contributed by atoms with Gasteiger partial charge in [-0.3, -0.25) is 19.5 Å². The average Bonchev–Trinajstić information content (AvgIpc) is 3.67. The van der Waals surface area contributed by atoms with E-state index >= 15 is 0 Å². The molecule has 0 bridgehead atoms. The van der Waals surface area contributed by atoms with Gasteiger partial charge in [-0.25, -0.2) is 9.59 Å². The Morgan fingerprint density at radius 3 is 2.13 bits per heavy atom. The van der Waals surface area contributed by atoms with Crippen molar-refractivity contribution in [3.8, 4) is 11.1 Å². The first kappa shape index (κ1) is 43.8. The molecule has 320 valence electrons. The number of amides is 4. The number of carbonyl (C=O) groups excluding carboxylic acids is 5. The van der Waals surface area contributed by atoms with Crippen molar-refractivity contribution >= 4 is 46.4 Å². The number of nitrogens with one attached hydrogen (secondary N) is 3. The van der Waals surface area contributed by atoms with Crippen molar-refractivity contribution in [3.63, 3.8) is 0 Å². The van der Waals surface area contributed by atoms with E-state index in [2.05, 4.69) is 20.8 Å². The van der Waals surface area contributed by atoms with Crippen molar-refractivity contribution in [2.24, 2.45) is 17.8 Å². The molecule has 1 aromatic heterocycles. The number of Topliss-reactive ketones (excluding diaryl/α,β-unsaturated/α-hetero) is 1. The van der Waals surface area contributed by atoms with E-state index in [-0.39, 0.29) is 41.9 Å². The number of aromatic amines is 1. The molecule has 1 saturated heterocycles. The quantitative estimate of drug-likeness (QED) is 0.136. The maximum Gasteiger partial charge on any atom is 0.410 e. The van der Waals surface area contributed by atoms with E-state index in [0.29, 0.717) is 63.2 Å². The van der Waals surface area contributed by atoms with Gasteiger partial charge in [0, 0.05) is 67.6 Å². The summed E-state index contributed by atoms with van der Waals surface area (Å²) in [5.41, 5.74) is 4.74. The summed E-state index contributed by atoms with van der Waals surface area (Å²) in [7, 11) is 0. The number of benzene rings is 3. The standard InChI is InChI=1S/C47H60N6O7/c1-30-24-35(43(56)52-20-22-53(23-21-52)45(58)60-47(5,6)7)17-19-39(30)33-12-8-31(9-13-33)25-37(42(55)50-38-18-16-36-29-49-51-40(36)27-38)26-41(54)34-14-10-32(11-15-34)28-48-44(57)59-46(2,3)4/h8-9,12-13,16-19,24,27,29,32,34,37H,10-11,14-15,20-23,25-26,28H2,1-7H3,(H,48,57)(H,49,51)(H,50,55)/t32?,34?,37-/m1/s1. The number of alkyl carbamates (subject to hydrolysis) is 1. The fourth-order valence-corrected chi connectivity index (χ4v) is 7.98. The second-order valence-corrected chi connectivity index (χ2v) is 18.3. The second kappa shape index (κ2) is 18.7. The second-order valence-electron chi connectivity index (χ2n) is 18.3. The van der Waals surface area contributed by atoms with Gasteiger partial charge in [-0.05, 0) is 139 Å². The lowest BCUT2D eigenvalue weighted by atomic mass is 9.77.